The topological polar surface area (TPSA) is 157 Å². The number of hydrogen-bond acceptors (Lipinski definition) is 5. The fourth-order valence-electron chi connectivity index (χ4n) is 4.07. The number of carbonyl (C=O) groups excluding carboxylic acids is 3. The van der Waals surface area contributed by atoms with Crippen molar-refractivity contribution in [2.45, 2.75) is 38.3 Å². The highest BCUT2D eigenvalue weighted by molar-refractivity contribution is 5.97. The molecule has 0 radical (unpaired) electrons. The number of rotatable bonds is 4. The van der Waals surface area contributed by atoms with Gasteiger partial charge in [0.1, 0.15) is 11.9 Å². The maximum Gasteiger partial charge on any atom is 0.312 e. The molecule has 8 N–H and O–H groups in total. The Morgan fingerprint density at radius 1 is 1.25 bits per heavy atom. The van der Waals surface area contributed by atoms with Gasteiger partial charge < -0.3 is 32.7 Å². The van der Waals surface area contributed by atoms with Gasteiger partial charge in [0.2, 0.25) is 5.91 Å². The van der Waals surface area contributed by atoms with E-state index in [1.54, 1.807) is 11.8 Å². The van der Waals surface area contributed by atoms with E-state index < -0.39 is 23.8 Å². The average molecular weight is 392 g/mol. The van der Waals surface area contributed by atoms with E-state index in [0.29, 0.717) is 13.1 Å². The van der Waals surface area contributed by atoms with Crippen LogP contribution >= 0.6 is 0 Å². The van der Waals surface area contributed by atoms with Gasteiger partial charge in [-0.05, 0) is 38.3 Å². The van der Waals surface area contributed by atoms with E-state index in [9.17, 15) is 18.8 Å². The zero-order valence-corrected chi connectivity index (χ0v) is 15.6. The summed E-state index contributed by atoms with van der Waals surface area (Å²) in [5, 5.41) is 5.24. The van der Waals surface area contributed by atoms with E-state index in [4.69, 9.17) is 17.2 Å². The molecule has 2 aliphatic rings. The lowest BCUT2D eigenvalue weighted by molar-refractivity contribution is -0.123. The molecular formula is C18H25FN6O3. The fraction of sp³-hybridized carbons (Fsp3) is 0.500. The van der Waals surface area contributed by atoms with Gasteiger partial charge in [0.05, 0.1) is 16.9 Å². The van der Waals surface area contributed by atoms with Crippen molar-refractivity contribution in [2.24, 2.45) is 11.1 Å². The largest absolute Gasteiger partial charge is 0.397 e. The first-order valence-electron chi connectivity index (χ1n) is 9.10. The van der Waals surface area contributed by atoms with Crippen molar-refractivity contribution in [3.05, 3.63) is 23.5 Å². The summed E-state index contributed by atoms with van der Waals surface area (Å²) in [4.78, 5) is 37.1. The summed E-state index contributed by atoms with van der Waals surface area (Å²) in [5.74, 6) is -1.40. The molecule has 1 saturated heterocycles. The minimum Gasteiger partial charge on any atom is -0.397 e. The van der Waals surface area contributed by atoms with Crippen molar-refractivity contribution < 1.29 is 18.8 Å². The highest BCUT2D eigenvalue weighted by Gasteiger charge is 2.50. The molecule has 1 saturated carbocycles. The number of halogens is 1. The fourth-order valence-corrected chi connectivity index (χ4v) is 4.07. The number of benzene rings is 1. The van der Waals surface area contributed by atoms with Crippen LogP contribution in [-0.2, 0) is 4.79 Å². The summed E-state index contributed by atoms with van der Waals surface area (Å²) in [6.07, 6.45) is 2.35. The molecule has 10 heteroatoms. The molecule has 2 atom stereocenters. The lowest BCUT2D eigenvalue weighted by Crippen LogP contribution is -2.58. The number of hydrogen-bond donors (Lipinski definition) is 5. The van der Waals surface area contributed by atoms with Crippen LogP contribution in [0.1, 0.15) is 36.5 Å². The van der Waals surface area contributed by atoms with Crippen molar-refractivity contribution in [1.82, 2.24) is 15.5 Å². The van der Waals surface area contributed by atoms with E-state index in [0.717, 1.165) is 25.3 Å². The van der Waals surface area contributed by atoms with Crippen LogP contribution in [0.15, 0.2) is 12.1 Å². The molecule has 1 aliphatic carbocycles. The van der Waals surface area contributed by atoms with E-state index in [1.165, 1.54) is 6.07 Å². The first-order chi connectivity index (χ1) is 13.1. The van der Waals surface area contributed by atoms with Crippen molar-refractivity contribution >= 4 is 29.2 Å². The zero-order chi connectivity index (χ0) is 20.6. The molecule has 1 spiro atoms. The lowest BCUT2D eigenvalue weighted by atomic mass is 9.77. The van der Waals surface area contributed by atoms with Gasteiger partial charge in [-0.15, -0.1) is 0 Å². The summed E-state index contributed by atoms with van der Waals surface area (Å²) in [7, 11) is 0. The van der Waals surface area contributed by atoms with Crippen molar-refractivity contribution in [3.8, 4) is 0 Å². The predicted molar refractivity (Wildman–Crippen MR) is 102 cm³/mol. The molecule has 1 aromatic rings. The molecule has 2 unspecified atom stereocenters. The molecule has 2 fully saturated rings. The Labute approximate surface area is 161 Å². The minimum atomic E-state index is -0.755. The van der Waals surface area contributed by atoms with Crippen LogP contribution in [-0.4, -0.2) is 47.9 Å². The van der Waals surface area contributed by atoms with Gasteiger partial charge in [-0.25, -0.2) is 9.18 Å². The summed E-state index contributed by atoms with van der Waals surface area (Å²) < 4.78 is 14.1. The van der Waals surface area contributed by atoms with E-state index in [-0.39, 0.29) is 34.3 Å². The zero-order valence-electron chi connectivity index (χ0n) is 15.6. The van der Waals surface area contributed by atoms with E-state index >= 15 is 0 Å². The van der Waals surface area contributed by atoms with Gasteiger partial charge in [-0.2, -0.15) is 0 Å². The average Bonchev–Trinajstić information content (AvgIpc) is 2.99. The number of anilines is 2. The molecule has 0 bridgehead atoms. The smallest absolute Gasteiger partial charge is 0.312 e. The molecule has 1 aromatic carbocycles. The van der Waals surface area contributed by atoms with Crippen LogP contribution in [0.2, 0.25) is 0 Å². The Hall–Kier alpha value is -3.04. The number of nitrogens with zero attached hydrogens (tertiary/aromatic N) is 1. The predicted octanol–water partition coefficient (Wildman–Crippen LogP) is 0.158. The van der Waals surface area contributed by atoms with Crippen LogP contribution in [0, 0.1) is 11.2 Å². The van der Waals surface area contributed by atoms with Gasteiger partial charge in [-0.3, -0.25) is 9.59 Å². The molecule has 152 valence electrons. The van der Waals surface area contributed by atoms with Gasteiger partial charge in [0.15, 0.2) is 0 Å². The molecule has 1 heterocycles. The van der Waals surface area contributed by atoms with Crippen LogP contribution < -0.4 is 27.8 Å². The third-order valence-electron chi connectivity index (χ3n) is 5.54. The molecule has 9 nitrogen and oxygen atoms in total. The highest BCUT2D eigenvalue weighted by atomic mass is 19.1. The first kappa shape index (κ1) is 19.7. The maximum absolute atomic E-state index is 14.1. The number of nitrogen functional groups attached to an aromatic ring is 2. The van der Waals surface area contributed by atoms with Gasteiger partial charge >= 0.3 is 6.03 Å². The second kappa shape index (κ2) is 7.17. The molecule has 1 aliphatic heterocycles. The Morgan fingerprint density at radius 3 is 2.54 bits per heavy atom. The van der Waals surface area contributed by atoms with Crippen molar-refractivity contribution in [1.29, 1.82) is 0 Å². The Morgan fingerprint density at radius 2 is 1.89 bits per heavy atom. The molecule has 3 rings (SSSR count). The molecule has 4 amide bonds. The molecule has 28 heavy (non-hydrogen) atoms. The number of urea groups is 1. The highest BCUT2D eigenvalue weighted by Crippen LogP contribution is 2.46. The first-order valence-corrected chi connectivity index (χ1v) is 9.10. The van der Waals surface area contributed by atoms with E-state index in [1.807, 2.05) is 0 Å². The number of carbonyl (C=O) groups is 3. The van der Waals surface area contributed by atoms with Crippen LogP contribution in [0.4, 0.5) is 20.6 Å². The van der Waals surface area contributed by atoms with Crippen LogP contribution in [0.5, 0.6) is 0 Å². The monoisotopic (exact) mass is 392 g/mol. The summed E-state index contributed by atoms with van der Waals surface area (Å²) in [6, 6.07) is 0.816. The standard InChI is InChI=1S/C18H25FN6O3/c1-9(23-17(22)28)15(26)24-10-2-3-18(6-10)7-25(8-18)16(27)11-4-13(20)14(21)5-12(11)19/h4-5,9-10H,2-3,6-8,20-21H2,1H3,(H,24,26)(H3,22,23,28). The number of likely N-dealkylation sites (tertiary alicyclic amines) is 1. The summed E-state index contributed by atoms with van der Waals surface area (Å²) in [6.45, 7) is 2.55. The quantitative estimate of drug-likeness (QED) is 0.461. The number of amides is 4. The second-order valence-corrected chi connectivity index (χ2v) is 7.80. The molecular weight excluding hydrogens is 367 g/mol. The minimum absolute atomic E-state index is 0.0363. The maximum atomic E-state index is 14.1. The Balaban J connectivity index is 1.55. The van der Waals surface area contributed by atoms with Crippen molar-refractivity contribution in [2.75, 3.05) is 24.6 Å². The summed E-state index contributed by atoms with van der Waals surface area (Å²) >= 11 is 0. The van der Waals surface area contributed by atoms with Crippen LogP contribution in [0.3, 0.4) is 0 Å². The Kier molecular flexibility index (Phi) is 5.05. The van der Waals surface area contributed by atoms with Gasteiger partial charge in [-0.1, -0.05) is 0 Å². The molecule has 0 aromatic heterocycles. The number of nitrogens with one attached hydrogen (secondary N) is 2. The second-order valence-electron chi connectivity index (χ2n) is 7.80. The van der Waals surface area contributed by atoms with Crippen LogP contribution in [0.25, 0.3) is 0 Å². The third kappa shape index (κ3) is 3.80. The number of primary amides is 1. The van der Waals surface area contributed by atoms with Gasteiger partial charge in [0, 0.05) is 24.5 Å². The third-order valence-corrected chi connectivity index (χ3v) is 5.54. The normalized spacial score (nSPS) is 21.1. The SMILES string of the molecule is CC(NC(N)=O)C(=O)NC1CCC2(C1)CN(C(=O)c1cc(N)c(N)cc1F)C2. The van der Waals surface area contributed by atoms with Crippen molar-refractivity contribution in [3.63, 3.8) is 0 Å². The number of nitrogens with two attached hydrogens (primary N) is 3. The lowest BCUT2D eigenvalue weighted by Gasteiger charge is -2.48. The summed E-state index contributed by atoms with van der Waals surface area (Å²) in [5.41, 5.74) is 16.4. The Bertz CT molecular complexity index is 824. The van der Waals surface area contributed by atoms with Gasteiger partial charge in [0.25, 0.3) is 5.91 Å². The van der Waals surface area contributed by atoms with E-state index in [2.05, 4.69) is 10.6 Å².